The van der Waals surface area contributed by atoms with Crippen LogP contribution in [-0.4, -0.2) is 14.2 Å². The predicted molar refractivity (Wildman–Crippen MR) is 123 cm³/mol. The number of nitrogens with zero attached hydrogens (tertiary/aromatic N) is 2. The van der Waals surface area contributed by atoms with Gasteiger partial charge in [-0.2, -0.15) is 0 Å². The Morgan fingerprint density at radius 2 is 1.28 bits per heavy atom. The molecule has 0 radical (unpaired) electrons. The molecule has 29 heavy (non-hydrogen) atoms. The van der Waals surface area contributed by atoms with Crippen molar-refractivity contribution in [2.45, 2.75) is 5.92 Å². The third kappa shape index (κ3) is 2.87. The smallest absolute Gasteiger partial charge is 0.129 e. The number of para-hydroxylation sites is 2. The maximum Gasteiger partial charge on any atom is 0.129 e. The summed E-state index contributed by atoms with van der Waals surface area (Å²) in [5, 5.41) is 12.6. The summed E-state index contributed by atoms with van der Waals surface area (Å²) in [7, 11) is 4.19. The van der Waals surface area contributed by atoms with Gasteiger partial charge in [-0.3, -0.25) is 0 Å². The molecule has 5 aromatic rings. The molecule has 144 valence electrons. The van der Waals surface area contributed by atoms with Gasteiger partial charge in [0.25, 0.3) is 0 Å². The number of rotatable bonds is 3. The Labute approximate surface area is 178 Å². The number of halogens is 1. The lowest BCUT2D eigenvalue weighted by Gasteiger charge is -2.18. The highest BCUT2D eigenvalue weighted by Gasteiger charge is 2.25. The number of hydrogen-bond acceptors (Lipinski definition) is 1. The van der Waals surface area contributed by atoms with Crippen LogP contribution in [-0.2, 0) is 14.1 Å². The minimum Gasteiger partial charge on any atom is -0.507 e. The summed E-state index contributed by atoms with van der Waals surface area (Å²) in [6.45, 7) is 0. The second-order valence-electron chi connectivity index (χ2n) is 7.57. The van der Waals surface area contributed by atoms with Gasteiger partial charge in [-0.15, -0.1) is 0 Å². The molecule has 0 spiro atoms. The second kappa shape index (κ2) is 6.82. The zero-order valence-electron chi connectivity index (χ0n) is 16.3. The van der Waals surface area contributed by atoms with Gasteiger partial charge in [0.1, 0.15) is 5.75 Å². The van der Waals surface area contributed by atoms with Gasteiger partial charge in [-0.05, 0) is 56.9 Å². The summed E-state index contributed by atoms with van der Waals surface area (Å²) in [6.07, 6.45) is 4.47. The van der Waals surface area contributed by atoms with Crippen LogP contribution in [0.1, 0.15) is 22.6 Å². The highest BCUT2D eigenvalue weighted by Crippen LogP contribution is 2.42. The fourth-order valence-corrected chi connectivity index (χ4v) is 4.83. The summed E-state index contributed by atoms with van der Waals surface area (Å²) < 4.78 is 5.09. The first-order valence-corrected chi connectivity index (χ1v) is 10.4. The molecule has 0 aliphatic rings. The van der Waals surface area contributed by atoms with Crippen molar-refractivity contribution in [2.75, 3.05) is 0 Å². The predicted octanol–water partition coefficient (Wildman–Crippen LogP) is 6.32. The first kappa shape index (κ1) is 18.1. The van der Waals surface area contributed by atoms with Crippen molar-refractivity contribution in [3.05, 3.63) is 100 Å². The van der Waals surface area contributed by atoms with E-state index in [2.05, 4.69) is 100 Å². The van der Waals surface area contributed by atoms with Gasteiger partial charge in [0.15, 0.2) is 0 Å². The monoisotopic (exact) mass is 444 g/mol. The van der Waals surface area contributed by atoms with Crippen molar-refractivity contribution >= 4 is 37.7 Å². The van der Waals surface area contributed by atoms with Crippen LogP contribution in [0.2, 0.25) is 0 Å². The zero-order chi connectivity index (χ0) is 20.1. The summed E-state index contributed by atoms with van der Waals surface area (Å²) in [6, 6.07) is 22.9. The van der Waals surface area contributed by atoms with Gasteiger partial charge in [0, 0.05) is 54.2 Å². The Bertz CT molecular complexity index is 1280. The van der Waals surface area contributed by atoms with Gasteiger partial charge >= 0.3 is 0 Å². The van der Waals surface area contributed by atoms with E-state index in [4.69, 9.17) is 0 Å². The molecule has 0 amide bonds. The normalized spacial score (nSPS) is 11.7. The molecule has 0 unspecified atom stereocenters. The fourth-order valence-electron chi connectivity index (χ4n) is 4.44. The van der Waals surface area contributed by atoms with Crippen LogP contribution >= 0.6 is 15.9 Å². The third-order valence-electron chi connectivity index (χ3n) is 5.78. The first-order valence-electron chi connectivity index (χ1n) is 9.61. The van der Waals surface area contributed by atoms with Crippen molar-refractivity contribution in [1.29, 1.82) is 0 Å². The van der Waals surface area contributed by atoms with Crippen molar-refractivity contribution in [3.63, 3.8) is 0 Å². The van der Waals surface area contributed by atoms with E-state index >= 15 is 0 Å². The van der Waals surface area contributed by atoms with E-state index < -0.39 is 0 Å². The summed E-state index contributed by atoms with van der Waals surface area (Å²) in [5.41, 5.74) is 6.09. The van der Waals surface area contributed by atoms with Gasteiger partial charge < -0.3 is 14.2 Å². The fraction of sp³-hybridized carbons (Fsp3) is 0.120. The number of phenols is 1. The van der Waals surface area contributed by atoms with Crippen LogP contribution < -0.4 is 0 Å². The molecule has 0 atom stereocenters. The van der Waals surface area contributed by atoms with Crippen LogP contribution in [0.4, 0.5) is 0 Å². The molecule has 1 N–H and O–H groups in total. The largest absolute Gasteiger partial charge is 0.507 e. The molecule has 0 aliphatic heterocycles. The lowest BCUT2D eigenvalue weighted by atomic mass is 9.85. The summed E-state index contributed by atoms with van der Waals surface area (Å²) >= 11 is 3.51. The number of phenolic OH excluding ortho intramolecular Hbond substituents is 1. The molecule has 2 heterocycles. The summed E-state index contributed by atoms with van der Waals surface area (Å²) in [5.74, 6) is 0.299. The van der Waals surface area contributed by atoms with Gasteiger partial charge in [-0.25, -0.2) is 0 Å². The van der Waals surface area contributed by atoms with Crippen molar-refractivity contribution in [3.8, 4) is 5.75 Å². The van der Waals surface area contributed by atoms with Gasteiger partial charge in [-0.1, -0.05) is 42.5 Å². The maximum atomic E-state index is 10.1. The number of aryl methyl sites for hydroxylation is 2. The molecule has 2 aromatic heterocycles. The third-order valence-corrected chi connectivity index (χ3v) is 6.42. The molecule has 3 aromatic carbocycles. The van der Waals surface area contributed by atoms with Crippen LogP contribution in [0.5, 0.6) is 5.75 Å². The topological polar surface area (TPSA) is 30.1 Å². The van der Waals surface area contributed by atoms with Crippen LogP contribution in [0.3, 0.4) is 0 Å². The SMILES string of the molecule is Cn1cc(C(c2ccc(O)c(Br)c2)c2cn(C)c3ccccc23)c2ccccc21. The van der Waals surface area contributed by atoms with Gasteiger partial charge in [0.05, 0.1) is 4.47 Å². The first-order chi connectivity index (χ1) is 14.0. The average molecular weight is 445 g/mol. The van der Waals surface area contributed by atoms with Crippen molar-refractivity contribution in [1.82, 2.24) is 9.13 Å². The average Bonchev–Trinajstić information content (AvgIpc) is 3.24. The van der Waals surface area contributed by atoms with Crippen LogP contribution in [0.25, 0.3) is 21.8 Å². The van der Waals surface area contributed by atoms with E-state index in [0.29, 0.717) is 4.47 Å². The van der Waals surface area contributed by atoms with Crippen molar-refractivity contribution < 1.29 is 5.11 Å². The number of aromatic nitrogens is 2. The Balaban J connectivity index is 1.85. The quantitative estimate of drug-likeness (QED) is 0.346. The Hall–Kier alpha value is -2.98. The maximum absolute atomic E-state index is 10.1. The van der Waals surface area contributed by atoms with E-state index in [-0.39, 0.29) is 11.7 Å². The van der Waals surface area contributed by atoms with E-state index in [0.717, 1.165) is 5.56 Å². The molecular weight excluding hydrogens is 424 g/mol. The highest BCUT2D eigenvalue weighted by atomic mass is 79.9. The van der Waals surface area contributed by atoms with Crippen LogP contribution in [0.15, 0.2) is 83.6 Å². The number of fused-ring (bicyclic) bond motifs is 2. The lowest BCUT2D eigenvalue weighted by molar-refractivity contribution is 0.471. The van der Waals surface area contributed by atoms with E-state index in [1.807, 2.05) is 12.1 Å². The Morgan fingerprint density at radius 1 is 0.759 bits per heavy atom. The molecule has 4 heteroatoms. The molecule has 0 fully saturated rings. The Morgan fingerprint density at radius 3 is 1.79 bits per heavy atom. The standard InChI is InChI=1S/C25H21BrN2O/c1-27-14-19(17-7-3-5-9-22(17)27)25(16-11-12-24(29)21(26)13-16)20-15-28(2)23-10-6-4-8-18(20)23/h3-15,25,29H,1-2H3. The second-order valence-corrected chi connectivity index (χ2v) is 8.42. The van der Waals surface area contributed by atoms with Gasteiger partial charge in [0.2, 0.25) is 0 Å². The number of hydrogen-bond donors (Lipinski definition) is 1. The van der Waals surface area contributed by atoms with E-state index in [9.17, 15) is 5.11 Å². The van der Waals surface area contributed by atoms with E-state index in [1.165, 1.54) is 32.9 Å². The highest BCUT2D eigenvalue weighted by molar-refractivity contribution is 9.10. The molecule has 5 rings (SSSR count). The van der Waals surface area contributed by atoms with Crippen molar-refractivity contribution in [2.24, 2.45) is 14.1 Å². The lowest BCUT2D eigenvalue weighted by Crippen LogP contribution is -2.03. The zero-order valence-corrected chi connectivity index (χ0v) is 17.9. The molecule has 0 aliphatic carbocycles. The summed E-state index contributed by atoms with van der Waals surface area (Å²) in [4.78, 5) is 0. The number of aromatic hydroxyl groups is 1. The molecule has 0 bridgehead atoms. The molecule has 0 saturated heterocycles. The van der Waals surface area contributed by atoms with Crippen LogP contribution in [0, 0.1) is 0 Å². The minimum absolute atomic E-state index is 0.0455. The molecule has 0 saturated carbocycles. The molecular formula is C25H21BrN2O. The molecule has 3 nitrogen and oxygen atoms in total. The van der Waals surface area contributed by atoms with E-state index in [1.54, 1.807) is 6.07 Å². The minimum atomic E-state index is 0.0455. The Kier molecular flexibility index (Phi) is 4.25. The number of benzene rings is 3.